The number of methoxy groups -OCH3 is 2. The van der Waals surface area contributed by atoms with E-state index in [0.29, 0.717) is 11.5 Å². The fraction of sp³-hybridized carbons (Fsp3) is 0.222. The van der Waals surface area contributed by atoms with Gasteiger partial charge in [-0.3, -0.25) is 4.99 Å². The number of fused-ring (bicyclic) bond motifs is 3. The average Bonchev–Trinajstić information content (AvgIpc) is 3.10. The molecular weight excluding hydrogens is 290 g/mol. The average molecular weight is 307 g/mol. The second-order valence-corrected chi connectivity index (χ2v) is 5.38. The Labute approximate surface area is 134 Å². The zero-order valence-electron chi connectivity index (χ0n) is 13.1. The smallest absolute Gasteiger partial charge is 0.161 e. The minimum absolute atomic E-state index is 0.691. The third kappa shape index (κ3) is 2.16. The molecule has 0 aliphatic carbocycles. The first-order valence-electron chi connectivity index (χ1n) is 7.54. The SMILES string of the molecule is COc1ccc(C2=Nc3ccccc3N3CCN=C23)cc1OC. The maximum absolute atomic E-state index is 5.42. The highest BCUT2D eigenvalue weighted by Gasteiger charge is 2.30. The van der Waals surface area contributed by atoms with E-state index in [2.05, 4.69) is 16.0 Å². The van der Waals surface area contributed by atoms with Crippen molar-refractivity contribution < 1.29 is 9.47 Å². The van der Waals surface area contributed by atoms with Gasteiger partial charge in [0.25, 0.3) is 0 Å². The van der Waals surface area contributed by atoms with Crippen LogP contribution in [0.3, 0.4) is 0 Å². The van der Waals surface area contributed by atoms with Crippen LogP contribution in [0, 0.1) is 0 Å². The van der Waals surface area contributed by atoms with Crippen molar-refractivity contribution in [2.75, 3.05) is 32.2 Å². The Kier molecular flexibility index (Phi) is 3.26. The molecule has 2 aliphatic rings. The minimum Gasteiger partial charge on any atom is -0.493 e. The van der Waals surface area contributed by atoms with Crippen molar-refractivity contribution in [3.05, 3.63) is 48.0 Å². The first-order chi connectivity index (χ1) is 11.3. The minimum atomic E-state index is 0.691. The Morgan fingerprint density at radius 1 is 1.00 bits per heavy atom. The third-order valence-electron chi connectivity index (χ3n) is 4.11. The Morgan fingerprint density at radius 3 is 2.65 bits per heavy atom. The van der Waals surface area contributed by atoms with Gasteiger partial charge < -0.3 is 14.4 Å². The van der Waals surface area contributed by atoms with Crippen LogP contribution in [-0.4, -0.2) is 38.9 Å². The van der Waals surface area contributed by atoms with Crippen LogP contribution >= 0.6 is 0 Å². The van der Waals surface area contributed by atoms with Gasteiger partial charge >= 0.3 is 0 Å². The van der Waals surface area contributed by atoms with Gasteiger partial charge in [0.2, 0.25) is 0 Å². The Morgan fingerprint density at radius 2 is 1.83 bits per heavy atom. The van der Waals surface area contributed by atoms with E-state index in [-0.39, 0.29) is 0 Å². The van der Waals surface area contributed by atoms with Crippen LogP contribution in [0.2, 0.25) is 0 Å². The Bertz CT molecular complexity index is 827. The van der Waals surface area contributed by atoms with Crippen LogP contribution in [0.4, 0.5) is 11.4 Å². The summed E-state index contributed by atoms with van der Waals surface area (Å²) in [6.07, 6.45) is 0. The first-order valence-corrected chi connectivity index (χ1v) is 7.54. The molecule has 0 amide bonds. The van der Waals surface area contributed by atoms with Gasteiger partial charge in [-0.05, 0) is 30.3 Å². The quantitative estimate of drug-likeness (QED) is 0.875. The summed E-state index contributed by atoms with van der Waals surface area (Å²) >= 11 is 0. The van der Waals surface area contributed by atoms with Gasteiger partial charge in [-0.2, -0.15) is 0 Å². The summed E-state index contributed by atoms with van der Waals surface area (Å²) in [6.45, 7) is 1.68. The summed E-state index contributed by atoms with van der Waals surface area (Å²) in [7, 11) is 3.27. The van der Waals surface area contributed by atoms with Crippen molar-refractivity contribution in [2.45, 2.75) is 0 Å². The van der Waals surface area contributed by atoms with E-state index in [1.807, 2.05) is 36.4 Å². The number of anilines is 1. The normalized spacial score (nSPS) is 15.5. The molecule has 0 N–H and O–H groups in total. The number of rotatable bonds is 3. The van der Waals surface area contributed by atoms with Crippen molar-refractivity contribution in [2.24, 2.45) is 9.98 Å². The summed E-state index contributed by atoms with van der Waals surface area (Å²) in [5.41, 5.74) is 3.94. The Hall–Kier alpha value is -2.82. The van der Waals surface area contributed by atoms with Crippen LogP contribution in [-0.2, 0) is 0 Å². The van der Waals surface area contributed by atoms with E-state index in [1.165, 1.54) is 0 Å². The van der Waals surface area contributed by atoms with Gasteiger partial charge in [-0.25, -0.2) is 4.99 Å². The number of ether oxygens (including phenoxy) is 2. The summed E-state index contributed by atoms with van der Waals surface area (Å²) in [6, 6.07) is 14.0. The molecule has 116 valence electrons. The molecule has 0 atom stereocenters. The number of para-hydroxylation sites is 2. The molecule has 0 aromatic heterocycles. The largest absolute Gasteiger partial charge is 0.493 e. The number of nitrogens with zero attached hydrogens (tertiary/aromatic N) is 3. The fourth-order valence-electron chi connectivity index (χ4n) is 3.02. The molecule has 2 heterocycles. The number of aliphatic imine (C=N–C) groups is 2. The van der Waals surface area contributed by atoms with E-state index in [4.69, 9.17) is 14.5 Å². The summed E-state index contributed by atoms with van der Waals surface area (Å²) < 4.78 is 10.7. The molecule has 2 aromatic carbocycles. The van der Waals surface area contributed by atoms with Crippen molar-refractivity contribution >= 4 is 22.9 Å². The molecule has 0 radical (unpaired) electrons. The topological polar surface area (TPSA) is 46.4 Å². The lowest BCUT2D eigenvalue weighted by atomic mass is 10.0. The van der Waals surface area contributed by atoms with Crippen LogP contribution < -0.4 is 14.4 Å². The molecule has 2 aliphatic heterocycles. The van der Waals surface area contributed by atoms with Gasteiger partial charge in [0.15, 0.2) is 17.3 Å². The van der Waals surface area contributed by atoms with Crippen LogP contribution in [0.25, 0.3) is 0 Å². The predicted octanol–water partition coefficient (Wildman–Crippen LogP) is 3.06. The predicted molar refractivity (Wildman–Crippen MR) is 91.8 cm³/mol. The summed E-state index contributed by atoms with van der Waals surface area (Å²) in [5, 5.41) is 0. The van der Waals surface area contributed by atoms with Crippen molar-refractivity contribution in [3.63, 3.8) is 0 Å². The van der Waals surface area contributed by atoms with Gasteiger partial charge in [-0.15, -0.1) is 0 Å². The van der Waals surface area contributed by atoms with Crippen molar-refractivity contribution in [1.29, 1.82) is 0 Å². The van der Waals surface area contributed by atoms with Gasteiger partial charge in [0.05, 0.1) is 32.1 Å². The number of benzene rings is 2. The molecule has 0 saturated carbocycles. The molecule has 5 heteroatoms. The highest BCUT2D eigenvalue weighted by atomic mass is 16.5. The molecule has 0 fully saturated rings. The highest BCUT2D eigenvalue weighted by Crippen LogP contribution is 2.36. The maximum Gasteiger partial charge on any atom is 0.161 e. The second-order valence-electron chi connectivity index (χ2n) is 5.38. The standard InChI is InChI=1S/C18H17N3O2/c1-22-15-8-7-12(11-16(15)23-2)17-18-19-9-10-21(18)14-6-4-3-5-13(14)20-17/h3-8,11H,9-10H2,1-2H3. The van der Waals surface area contributed by atoms with Gasteiger partial charge in [-0.1, -0.05) is 12.1 Å². The molecule has 0 saturated heterocycles. The van der Waals surface area contributed by atoms with E-state index < -0.39 is 0 Å². The Balaban J connectivity index is 1.87. The second kappa shape index (κ2) is 5.43. The van der Waals surface area contributed by atoms with E-state index >= 15 is 0 Å². The number of hydrogen-bond donors (Lipinski definition) is 0. The summed E-state index contributed by atoms with van der Waals surface area (Å²) in [4.78, 5) is 11.7. The molecule has 23 heavy (non-hydrogen) atoms. The first kappa shape index (κ1) is 13.8. The van der Waals surface area contributed by atoms with Crippen LogP contribution in [0.1, 0.15) is 5.56 Å². The molecule has 5 nitrogen and oxygen atoms in total. The van der Waals surface area contributed by atoms with Crippen LogP contribution in [0.15, 0.2) is 52.4 Å². The molecule has 2 aromatic rings. The lowest BCUT2D eigenvalue weighted by molar-refractivity contribution is 0.355. The van der Waals surface area contributed by atoms with E-state index in [1.54, 1.807) is 14.2 Å². The molecule has 0 bridgehead atoms. The monoisotopic (exact) mass is 307 g/mol. The van der Waals surface area contributed by atoms with Gasteiger partial charge in [0, 0.05) is 12.1 Å². The lowest BCUT2D eigenvalue weighted by Gasteiger charge is -2.27. The third-order valence-corrected chi connectivity index (χ3v) is 4.11. The zero-order chi connectivity index (χ0) is 15.8. The van der Waals surface area contributed by atoms with E-state index in [0.717, 1.165) is 41.6 Å². The molecule has 0 unspecified atom stereocenters. The fourth-order valence-corrected chi connectivity index (χ4v) is 3.02. The molecular formula is C18H17N3O2. The highest BCUT2D eigenvalue weighted by molar-refractivity contribution is 6.53. The molecule has 0 spiro atoms. The molecule has 4 rings (SSSR count). The number of hydrogen-bond acceptors (Lipinski definition) is 5. The van der Waals surface area contributed by atoms with Crippen molar-refractivity contribution in [3.8, 4) is 11.5 Å². The van der Waals surface area contributed by atoms with E-state index in [9.17, 15) is 0 Å². The lowest BCUT2D eigenvalue weighted by Crippen LogP contribution is -2.36. The maximum atomic E-state index is 5.42. The van der Waals surface area contributed by atoms with Crippen LogP contribution in [0.5, 0.6) is 11.5 Å². The summed E-state index contributed by atoms with van der Waals surface area (Å²) in [5.74, 6) is 2.32. The van der Waals surface area contributed by atoms with Gasteiger partial charge in [0.1, 0.15) is 5.71 Å². The zero-order valence-corrected chi connectivity index (χ0v) is 13.1. The number of amidine groups is 1. The van der Waals surface area contributed by atoms with Crippen molar-refractivity contribution in [1.82, 2.24) is 0 Å².